The van der Waals surface area contributed by atoms with Crippen LogP contribution in [0.3, 0.4) is 0 Å². The van der Waals surface area contributed by atoms with E-state index in [-0.39, 0.29) is 38.1 Å². The molecule has 3 N–H and O–H groups in total. The van der Waals surface area contributed by atoms with Crippen molar-refractivity contribution in [2.75, 3.05) is 40.4 Å². The number of carbonyl (C=O) groups is 1. The van der Waals surface area contributed by atoms with Crippen molar-refractivity contribution in [3.63, 3.8) is 0 Å². The van der Waals surface area contributed by atoms with E-state index in [0.29, 0.717) is 6.54 Å². The quantitative estimate of drug-likeness (QED) is 0.168. The normalized spacial score (nSPS) is 14.0. The fourth-order valence-electron chi connectivity index (χ4n) is 3.45. The standard InChI is InChI=1S/C22H46N2O5/c1-5-7-8-9-12-20(11-6-2)29-22(28)14-13-21(27)24(19(17-25)18-26)16-10-15-23(3)4/h19-21,25-27H,5-18H2,1-4H3. The first-order valence-corrected chi connectivity index (χ1v) is 11.4. The van der Waals surface area contributed by atoms with E-state index in [0.717, 1.165) is 38.6 Å². The van der Waals surface area contributed by atoms with E-state index in [1.54, 1.807) is 4.90 Å². The molecule has 0 rings (SSSR count). The highest BCUT2D eigenvalue weighted by atomic mass is 16.5. The van der Waals surface area contributed by atoms with Crippen molar-refractivity contribution < 1.29 is 24.9 Å². The van der Waals surface area contributed by atoms with Gasteiger partial charge in [-0.1, -0.05) is 39.5 Å². The van der Waals surface area contributed by atoms with Gasteiger partial charge in [0.25, 0.3) is 0 Å². The van der Waals surface area contributed by atoms with Crippen molar-refractivity contribution in [3.05, 3.63) is 0 Å². The molecule has 7 heteroatoms. The SMILES string of the molecule is CCCCCCC(CCC)OC(=O)CCC(O)N(CCCN(C)C)C(CO)CO. The zero-order valence-electron chi connectivity index (χ0n) is 19.2. The molecule has 0 aromatic carbocycles. The fourth-order valence-corrected chi connectivity index (χ4v) is 3.45. The Hall–Kier alpha value is -0.730. The van der Waals surface area contributed by atoms with Crippen LogP contribution in [-0.4, -0.2) is 89.9 Å². The van der Waals surface area contributed by atoms with E-state index in [9.17, 15) is 20.1 Å². The highest BCUT2D eigenvalue weighted by Gasteiger charge is 2.25. The first-order chi connectivity index (χ1) is 13.9. The number of esters is 1. The first-order valence-electron chi connectivity index (χ1n) is 11.4. The smallest absolute Gasteiger partial charge is 0.306 e. The molecule has 0 aliphatic rings. The number of carbonyl (C=O) groups excluding carboxylic acids is 1. The van der Waals surface area contributed by atoms with Crippen molar-refractivity contribution in [1.82, 2.24) is 9.80 Å². The van der Waals surface area contributed by atoms with Crippen LogP contribution in [0.4, 0.5) is 0 Å². The molecule has 0 spiro atoms. The van der Waals surface area contributed by atoms with Crippen molar-refractivity contribution in [2.45, 2.75) is 96.4 Å². The Morgan fingerprint density at radius 1 is 0.897 bits per heavy atom. The Morgan fingerprint density at radius 2 is 1.59 bits per heavy atom. The summed E-state index contributed by atoms with van der Waals surface area (Å²) < 4.78 is 5.65. The molecule has 174 valence electrons. The average molecular weight is 419 g/mol. The van der Waals surface area contributed by atoms with Gasteiger partial charge in [-0.15, -0.1) is 0 Å². The Kier molecular flexibility index (Phi) is 17.6. The summed E-state index contributed by atoms with van der Waals surface area (Å²) >= 11 is 0. The van der Waals surface area contributed by atoms with Gasteiger partial charge in [-0.2, -0.15) is 0 Å². The summed E-state index contributed by atoms with van der Waals surface area (Å²) in [6, 6.07) is -0.533. The summed E-state index contributed by atoms with van der Waals surface area (Å²) in [4.78, 5) is 16.0. The van der Waals surface area contributed by atoms with E-state index in [4.69, 9.17) is 4.74 Å². The zero-order valence-corrected chi connectivity index (χ0v) is 19.2. The summed E-state index contributed by atoms with van der Waals surface area (Å²) in [5, 5.41) is 29.6. The minimum Gasteiger partial charge on any atom is -0.462 e. The molecule has 0 aromatic heterocycles. The van der Waals surface area contributed by atoms with Crippen LogP contribution in [0.1, 0.15) is 78.1 Å². The largest absolute Gasteiger partial charge is 0.462 e. The van der Waals surface area contributed by atoms with Gasteiger partial charge in [0.05, 0.1) is 19.3 Å². The second-order valence-corrected chi connectivity index (χ2v) is 8.18. The maximum atomic E-state index is 12.3. The van der Waals surface area contributed by atoms with Crippen LogP contribution in [0.15, 0.2) is 0 Å². The molecule has 0 saturated carbocycles. The van der Waals surface area contributed by atoms with E-state index in [1.165, 1.54) is 19.3 Å². The van der Waals surface area contributed by atoms with E-state index in [2.05, 4.69) is 13.8 Å². The molecule has 0 bridgehead atoms. The van der Waals surface area contributed by atoms with Crippen molar-refractivity contribution >= 4 is 5.97 Å². The maximum Gasteiger partial charge on any atom is 0.306 e. The lowest BCUT2D eigenvalue weighted by Gasteiger charge is -2.33. The summed E-state index contributed by atoms with van der Waals surface area (Å²) in [6.45, 7) is 5.16. The molecule has 0 aromatic rings. The van der Waals surface area contributed by atoms with Gasteiger partial charge in [0.15, 0.2) is 0 Å². The molecular formula is C22H46N2O5. The molecule has 0 radical (unpaired) electrons. The molecule has 2 atom stereocenters. The molecule has 0 amide bonds. The predicted molar refractivity (Wildman–Crippen MR) is 117 cm³/mol. The highest BCUT2D eigenvalue weighted by Crippen LogP contribution is 2.16. The third-order valence-corrected chi connectivity index (χ3v) is 5.19. The number of ether oxygens (including phenoxy) is 1. The molecule has 0 aliphatic carbocycles. The number of hydrogen-bond acceptors (Lipinski definition) is 7. The van der Waals surface area contributed by atoms with E-state index in [1.807, 2.05) is 19.0 Å². The molecule has 2 unspecified atom stereocenters. The van der Waals surface area contributed by atoms with Gasteiger partial charge in [-0.25, -0.2) is 0 Å². The maximum absolute atomic E-state index is 12.3. The monoisotopic (exact) mass is 418 g/mol. The minimum absolute atomic E-state index is 0.0414. The van der Waals surface area contributed by atoms with Crippen LogP contribution < -0.4 is 0 Å². The third-order valence-electron chi connectivity index (χ3n) is 5.19. The van der Waals surface area contributed by atoms with Crippen LogP contribution in [0.5, 0.6) is 0 Å². The first kappa shape index (κ1) is 28.3. The molecule has 29 heavy (non-hydrogen) atoms. The average Bonchev–Trinajstić information content (AvgIpc) is 2.68. The van der Waals surface area contributed by atoms with Crippen LogP contribution in [0.2, 0.25) is 0 Å². The van der Waals surface area contributed by atoms with Gasteiger partial charge in [0.1, 0.15) is 12.3 Å². The third kappa shape index (κ3) is 14.0. The minimum atomic E-state index is -0.900. The number of nitrogens with zero attached hydrogens (tertiary/aromatic N) is 2. The lowest BCUT2D eigenvalue weighted by atomic mass is 10.1. The van der Waals surface area contributed by atoms with Crippen LogP contribution >= 0.6 is 0 Å². The van der Waals surface area contributed by atoms with Gasteiger partial charge in [-0.3, -0.25) is 9.69 Å². The predicted octanol–water partition coefficient (Wildman–Crippen LogP) is 2.37. The fraction of sp³-hybridized carbons (Fsp3) is 0.955. The molecule has 7 nitrogen and oxygen atoms in total. The van der Waals surface area contributed by atoms with Crippen molar-refractivity contribution in [3.8, 4) is 0 Å². The Bertz CT molecular complexity index is 391. The Morgan fingerprint density at radius 3 is 2.14 bits per heavy atom. The molecule has 0 aliphatic heterocycles. The number of rotatable bonds is 19. The topological polar surface area (TPSA) is 93.5 Å². The van der Waals surface area contributed by atoms with Gasteiger partial charge < -0.3 is 25.0 Å². The lowest BCUT2D eigenvalue weighted by Crippen LogP contribution is -2.48. The lowest BCUT2D eigenvalue weighted by molar-refractivity contribution is -0.151. The van der Waals surface area contributed by atoms with Gasteiger partial charge in [0.2, 0.25) is 0 Å². The summed E-state index contributed by atoms with van der Waals surface area (Å²) in [5.41, 5.74) is 0. The van der Waals surface area contributed by atoms with E-state index < -0.39 is 12.3 Å². The molecule has 0 heterocycles. The van der Waals surface area contributed by atoms with E-state index >= 15 is 0 Å². The highest BCUT2D eigenvalue weighted by molar-refractivity contribution is 5.69. The molecule has 0 fully saturated rings. The second kappa shape index (κ2) is 18.1. The van der Waals surface area contributed by atoms with Crippen LogP contribution in [0, 0.1) is 0 Å². The van der Waals surface area contributed by atoms with Crippen molar-refractivity contribution in [2.24, 2.45) is 0 Å². The van der Waals surface area contributed by atoms with Crippen LogP contribution in [0.25, 0.3) is 0 Å². The van der Waals surface area contributed by atoms with Gasteiger partial charge >= 0.3 is 5.97 Å². The number of aliphatic hydroxyl groups excluding tert-OH is 3. The number of aliphatic hydroxyl groups is 3. The molecular weight excluding hydrogens is 372 g/mol. The summed E-state index contributed by atoms with van der Waals surface area (Å²) in [7, 11) is 3.95. The Balaban J connectivity index is 4.55. The second-order valence-electron chi connectivity index (χ2n) is 8.18. The van der Waals surface area contributed by atoms with Gasteiger partial charge in [0, 0.05) is 13.0 Å². The number of hydrogen-bond donors (Lipinski definition) is 3. The Labute approximate surface area is 178 Å². The van der Waals surface area contributed by atoms with Crippen LogP contribution in [-0.2, 0) is 9.53 Å². The zero-order chi connectivity index (χ0) is 22.1. The number of unbranched alkanes of at least 4 members (excludes halogenated alkanes) is 3. The molecule has 0 saturated heterocycles. The van der Waals surface area contributed by atoms with Gasteiger partial charge in [-0.05, 0) is 52.7 Å². The summed E-state index contributed by atoms with van der Waals surface area (Å²) in [6.07, 6.45) is 7.58. The summed E-state index contributed by atoms with van der Waals surface area (Å²) in [5.74, 6) is -0.282. The van der Waals surface area contributed by atoms with Crippen molar-refractivity contribution in [1.29, 1.82) is 0 Å².